The van der Waals surface area contributed by atoms with Crippen LogP contribution in [0.4, 0.5) is 4.79 Å². The predicted octanol–water partition coefficient (Wildman–Crippen LogP) is 2.88. The molecule has 138 valence electrons. The molecule has 0 bridgehead atoms. The third-order valence-electron chi connectivity index (χ3n) is 4.23. The van der Waals surface area contributed by atoms with Crippen molar-refractivity contribution >= 4 is 23.6 Å². The number of amides is 2. The fraction of sp³-hybridized carbons (Fsp3) is 0.389. The summed E-state index contributed by atoms with van der Waals surface area (Å²) in [6.45, 7) is 3.18. The maximum Gasteiger partial charge on any atom is 0.407 e. The smallest absolute Gasteiger partial charge is 0.407 e. The molecule has 0 saturated carbocycles. The summed E-state index contributed by atoms with van der Waals surface area (Å²) in [5, 5.41) is 7.61. The number of ether oxygens (including phenoxy) is 1. The minimum Gasteiger partial charge on any atom is -0.450 e. The zero-order chi connectivity index (χ0) is 18.5. The molecule has 2 aromatic rings. The lowest BCUT2D eigenvalue weighted by atomic mass is 10.1. The lowest BCUT2D eigenvalue weighted by Crippen LogP contribution is -2.49. The molecule has 3 rings (SSSR count). The summed E-state index contributed by atoms with van der Waals surface area (Å²) >= 11 is 6.18. The summed E-state index contributed by atoms with van der Waals surface area (Å²) in [6.07, 6.45) is 4.40. The first-order valence-electron chi connectivity index (χ1n) is 8.60. The second kappa shape index (κ2) is 8.23. The molecular formula is C18H21ClN4O3. The number of carbonyl (C=O) groups excluding carboxylic acids is 2. The van der Waals surface area contributed by atoms with E-state index < -0.39 is 6.09 Å². The van der Waals surface area contributed by atoms with Crippen LogP contribution < -0.4 is 5.32 Å². The van der Waals surface area contributed by atoms with Gasteiger partial charge in [-0.25, -0.2) is 9.48 Å². The van der Waals surface area contributed by atoms with Crippen molar-refractivity contribution in [1.29, 1.82) is 0 Å². The third-order valence-corrected chi connectivity index (χ3v) is 4.55. The summed E-state index contributed by atoms with van der Waals surface area (Å²) in [7, 11) is 0. The van der Waals surface area contributed by atoms with Gasteiger partial charge >= 0.3 is 6.09 Å². The van der Waals surface area contributed by atoms with Gasteiger partial charge in [0.05, 0.1) is 29.1 Å². The first kappa shape index (κ1) is 18.3. The van der Waals surface area contributed by atoms with E-state index in [1.165, 1.54) is 6.20 Å². The Hall–Kier alpha value is -2.54. The maximum absolute atomic E-state index is 12.8. The number of piperidine rings is 1. The van der Waals surface area contributed by atoms with E-state index in [1.807, 2.05) is 18.2 Å². The van der Waals surface area contributed by atoms with Gasteiger partial charge in [0.25, 0.3) is 5.91 Å². The number of nitrogens with one attached hydrogen (secondary N) is 1. The Labute approximate surface area is 156 Å². The van der Waals surface area contributed by atoms with Gasteiger partial charge in [-0.1, -0.05) is 23.7 Å². The van der Waals surface area contributed by atoms with Crippen molar-refractivity contribution in [3.8, 4) is 5.69 Å². The van der Waals surface area contributed by atoms with Gasteiger partial charge in [0, 0.05) is 25.3 Å². The molecule has 1 aromatic heterocycles. The Morgan fingerprint density at radius 3 is 2.96 bits per heavy atom. The van der Waals surface area contributed by atoms with Gasteiger partial charge in [0.2, 0.25) is 0 Å². The van der Waals surface area contributed by atoms with E-state index >= 15 is 0 Å². The highest BCUT2D eigenvalue weighted by molar-refractivity contribution is 6.32. The summed E-state index contributed by atoms with van der Waals surface area (Å²) in [4.78, 5) is 26.1. The quantitative estimate of drug-likeness (QED) is 0.890. The molecule has 8 heteroatoms. The van der Waals surface area contributed by atoms with Crippen molar-refractivity contribution in [2.24, 2.45) is 0 Å². The van der Waals surface area contributed by atoms with Gasteiger partial charge in [-0.2, -0.15) is 5.10 Å². The Bertz CT molecular complexity index is 792. The van der Waals surface area contributed by atoms with Crippen molar-refractivity contribution in [3.05, 3.63) is 47.2 Å². The van der Waals surface area contributed by atoms with E-state index in [0.717, 1.165) is 12.8 Å². The van der Waals surface area contributed by atoms with E-state index in [1.54, 1.807) is 28.8 Å². The molecule has 0 aliphatic carbocycles. The zero-order valence-corrected chi connectivity index (χ0v) is 15.3. The maximum atomic E-state index is 12.8. The highest BCUT2D eigenvalue weighted by Crippen LogP contribution is 2.20. The summed E-state index contributed by atoms with van der Waals surface area (Å²) in [5.41, 5.74) is 1.20. The summed E-state index contributed by atoms with van der Waals surface area (Å²) < 4.78 is 6.50. The Morgan fingerprint density at radius 1 is 1.38 bits per heavy atom. The topological polar surface area (TPSA) is 76.5 Å². The number of hydrogen-bond donors (Lipinski definition) is 1. The standard InChI is InChI=1S/C18H21ClN4O3/c1-2-26-18(25)21-14-6-5-9-22(12-14)17(24)13-10-20-23(11-13)16-8-4-3-7-15(16)19/h3-4,7-8,10-11,14H,2,5-6,9,12H2,1H3,(H,21,25). The molecule has 1 atom stereocenters. The second-order valence-corrected chi connectivity index (χ2v) is 6.49. The molecule has 1 aromatic carbocycles. The van der Waals surface area contributed by atoms with Crippen LogP contribution in [-0.4, -0.2) is 52.4 Å². The molecule has 2 amide bonds. The van der Waals surface area contributed by atoms with Gasteiger partial charge in [-0.15, -0.1) is 0 Å². The number of nitrogens with zero attached hydrogens (tertiary/aromatic N) is 3. The minimum atomic E-state index is -0.446. The molecule has 7 nitrogen and oxygen atoms in total. The fourth-order valence-electron chi connectivity index (χ4n) is 3.00. The van der Waals surface area contributed by atoms with Crippen LogP contribution in [0, 0.1) is 0 Å². The van der Waals surface area contributed by atoms with Crippen LogP contribution in [0.5, 0.6) is 0 Å². The number of rotatable bonds is 4. The first-order valence-corrected chi connectivity index (χ1v) is 8.98. The largest absolute Gasteiger partial charge is 0.450 e. The third kappa shape index (κ3) is 4.16. The van der Waals surface area contributed by atoms with E-state index in [2.05, 4.69) is 10.4 Å². The lowest BCUT2D eigenvalue weighted by Gasteiger charge is -2.32. The number of alkyl carbamates (subject to hydrolysis) is 1. The van der Waals surface area contributed by atoms with Crippen LogP contribution in [0.25, 0.3) is 5.69 Å². The van der Waals surface area contributed by atoms with E-state index in [9.17, 15) is 9.59 Å². The van der Waals surface area contributed by atoms with Crippen LogP contribution in [-0.2, 0) is 4.74 Å². The number of likely N-dealkylation sites (tertiary alicyclic amines) is 1. The van der Waals surface area contributed by atoms with Crippen LogP contribution in [0.15, 0.2) is 36.7 Å². The van der Waals surface area contributed by atoms with Gasteiger partial charge in [0.1, 0.15) is 0 Å². The van der Waals surface area contributed by atoms with Crippen LogP contribution in [0.1, 0.15) is 30.1 Å². The normalized spacial score (nSPS) is 17.0. The lowest BCUT2D eigenvalue weighted by molar-refractivity contribution is 0.0686. The number of benzene rings is 1. The summed E-state index contributed by atoms with van der Waals surface area (Å²) in [6, 6.07) is 7.21. The summed E-state index contributed by atoms with van der Waals surface area (Å²) in [5.74, 6) is -0.112. The molecule has 1 unspecified atom stereocenters. The number of para-hydroxylation sites is 1. The minimum absolute atomic E-state index is 0.106. The second-order valence-electron chi connectivity index (χ2n) is 6.08. The number of carbonyl (C=O) groups is 2. The molecule has 1 fully saturated rings. The van der Waals surface area contributed by atoms with Gasteiger partial charge < -0.3 is 15.0 Å². The average Bonchev–Trinajstić information content (AvgIpc) is 3.11. The number of aromatic nitrogens is 2. The van der Waals surface area contributed by atoms with Crippen LogP contribution >= 0.6 is 11.6 Å². The number of halogens is 1. The fourth-order valence-corrected chi connectivity index (χ4v) is 3.23. The molecule has 1 aliphatic heterocycles. The van der Waals surface area contributed by atoms with Crippen molar-refractivity contribution < 1.29 is 14.3 Å². The number of hydrogen-bond acceptors (Lipinski definition) is 4. The average molecular weight is 377 g/mol. The van der Waals surface area contributed by atoms with Crippen LogP contribution in [0.2, 0.25) is 5.02 Å². The molecule has 0 radical (unpaired) electrons. The predicted molar refractivity (Wildman–Crippen MR) is 97.7 cm³/mol. The Kier molecular flexibility index (Phi) is 5.78. The molecule has 0 spiro atoms. The highest BCUT2D eigenvalue weighted by atomic mass is 35.5. The Balaban J connectivity index is 1.67. The molecule has 1 N–H and O–H groups in total. The van der Waals surface area contributed by atoms with Gasteiger partial charge in [0.15, 0.2) is 0 Å². The Morgan fingerprint density at radius 2 is 2.19 bits per heavy atom. The highest BCUT2D eigenvalue weighted by Gasteiger charge is 2.26. The van der Waals surface area contributed by atoms with Crippen molar-refractivity contribution in [2.75, 3.05) is 19.7 Å². The zero-order valence-electron chi connectivity index (χ0n) is 14.5. The monoisotopic (exact) mass is 376 g/mol. The SMILES string of the molecule is CCOC(=O)NC1CCCN(C(=O)c2cnn(-c3ccccc3Cl)c2)C1. The van der Waals surface area contributed by atoms with Crippen molar-refractivity contribution in [2.45, 2.75) is 25.8 Å². The molecule has 1 saturated heterocycles. The van der Waals surface area contributed by atoms with E-state index in [4.69, 9.17) is 16.3 Å². The molecular weight excluding hydrogens is 356 g/mol. The molecule has 2 heterocycles. The van der Waals surface area contributed by atoms with Crippen molar-refractivity contribution in [3.63, 3.8) is 0 Å². The first-order chi connectivity index (χ1) is 12.6. The van der Waals surface area contributed by atoms with Crippen molar-refractivity contribution in [1.82, 2.24) is 20.0 Å². The van der Waals surface area contributed by atoms with Gasteiger partial charge in [-0.3, -0.25) is 4.79 Å². The van der Waals surface area contributed by atoms with Crippen LogP contribution in [0.3, 0.4) is 0 Å². The van der Waals surface area contributed by atoms with E-state index in [-0.39, 0.29) is 11.9 Å². The van der Waals surface area contributed by atoms with E-state index in [0.29, 0.717) is 36.0 Å². The molecule has 1 aliphatic rings. The van der Waals surface area contributed by atoms with Gasteiger partial charge in [-0.05, 0) is 31.9 Å². The molecule has 26 heavy (non-hydrogen) atoms.